The maximum absolute atomic E-state index is 12.8. The minimum atomic E-state index is -0.765. The number of allylic oxidation sites excluding steroid dienone is 2. The maximum Gasteiger partial charge on any atom is 0.306 e. The number of hydrogen-bond donors (Lipinski definition) is 0. The number of carbonyl (C=O) groups is 3. The van der Waals surface area contributed by atoms with Crippen LogP contribution < -0.4 is 0 Å². The number of hydrogen-bond acceptors (Lipinski definition) is 6. The second-order valence-corrected chi connectivity index (χ2v) is 19.6. The van der Waals surface area contributed by atoms with Gasteiger partial charge in [0.1, 0.15) is 13.2 Å². The van der Waals surface area contributed by atoms with Crippen molar-refractivity contribution in [3.8, 4) is 0 Å². The molecule has 0 aromatic heterocycles. The van der Waals surface area contributed by atoms with Gasteiger partial charge in [0.2, 0.25) is 0 Å². The summed E-state index contributed by atoms with van der Waals surface area (Å²) in [6.45, 7) is 6.68. The highest BCUT2D eigenvalue weighted by atomic mass is 16.6. The molecule has 0 amide bonds. The molecule has 6 nitrogen and oxygen atoms in total. The standard InChI is InChI=1S/C58H110O6/c1-4-7-10-13-16-19-22-24-26-28-30-31-33-36-39-42-45-48-51-57(60)63-54-55(53-62-56(59)50-47-44-41-38-35-21-18-15-12-9-6-3)64-58(61)52-49-46-43-40-37-34-32-29-27-25-23-20-17-14-11-8-5-2/h26,28,55H,4-25,27,29-54H2,1-3H3/b28-26-. The molecule has 0 fully saturated rings. The Bertz CT molecular complexity index is 993. The third-order valence-corrected chi connectivity index (χ3v) is 13.0. The molecule has 6 heteroatoms. The quantitative estimate of drug-likeness (QED) is 0.0262. The first-order valence-electron chi connectivity index (χ1n) is 28.7. The van der Waals surface area contributed by atoms with Crippen LogP contribution in [0.2, 0.25) is 0 Å². The SMILES string of the molecule is CCCCCCCCC/C=C\CCCCCCCCCC(=O)OCC(COC(=O)CCCCCCCCCCCCC)OC(=O)CCCCCCCCCCCCCCCCCCC. The Kier molecular flexibility index (Phi) is 52.2. The highest BCUT2D eigenvalue weighted by Gasteiger charge is 2.19. The molecule has 0 aliphatic heterocycles. The Morgan fingerprint density at radius 1 is 0.297 bits per heavy atom. The van der Waals surface area contributed by atoms with Crippen LogP contribution >= 0.6 is 0 Å². The van der Waals surface area contributed by atoms with Gasteiger partial charge < -0.3 is 14.2 Å². The third-order valence-electron chi connectivity index (χ3n) is 13.0. The van der Waals surface area contributed by atoms with Crippen molar-refractivity contribution in [2.75, 3.05) is 13.2 Å². The van der Waals surface area contributed by atoms with E-state index in [4.69, 9.17) is 14.2 Å². The largest absolute Gasteiger partial charge is 0.462 e. The van der Waals surface area contributed by atoms with Gasteiger partial charge in [-0.15, -0.1) is 0 Å². The van der Waals surface area contributed by atoms with Crippen LogP contribution in [0.3, 0.4) is 0 Å². The second kappa shape index (κ2) is 53.8. The van der Waals surface area contributed by atoms with Crippen molar-refractivity contribution >= 4 is 17.9 Å². The molecule has 378 valence electrons. The van der Waals surface area contributed by atoms with Gasteiger partial charge in [0.15, 0.2) is 6.10 Å². The van der Waals surface area contributed by atoms with Crippen molar-refractivity contribution in [1.29, 1.82) is 0 Å². The lowest BCUT2D eigenvalue weighted by molar-refractivity contribution is -0.167. The van der Waals surface area contributed by atoms with E-state index >= 15 is 0 Å². The third kappa shape index (κ3) is 51.1. The van der Waals surface area contributed by atoms with Crippen molar-refractivity contribution in [1.82, 2.24) is 0 Å². The fourth-order valence-corrected chi connectivity index (χ4v) is 8.68. The highest BCUT2D eigenvalue weighted by Crippen LogP contribution is 2.17. The molecule has 0 radical (unpaired) electrons. The summed E-state index contributed by atoms with van der Waals surface area (Å²) in [6, 6.07) is 0. The van der Waals surface area contributed by atoms with E-state index in [1.807, 2.05) is 0 Å². The van der Waals surface area contributed by atoms with E-state index in [0.717, 1.165) is 57.8 Å². The van der Waals surface area contributed by atoms with Crippen LogP contribution in [0, 0.1) is 0 Å². The van der Waals surface area contributed by atoms with Gasteiger partial charge in [-0.3, -0.25) is 14.4 Å². The number of ether oxygens (including phenoxy) is 3. The van der Waals surface area contributed by atoms with Gasteiger partial charge >= 0.3 is 17.9 Å². The molecular formula is C58H110O6. The van der Waals surface area contributed by atoms with E-state index in [9.17, 15) is 14.4 Å². The van der Waals surface area contributed by atoms with Crippen molar-refractivity contribution in [2.24, 2.45) is 0 Å². The first-order chi connectivity index (χ1) is 31.5. The molecule has 0 bridgehead atoms. The summed E-state index contributed by atoms with van der Waals surface area (Å²) < 4.78 is 16.9. The van der Waals surface area contributed by atoms with E-state index in [0.29, 0.717) is 19.3 Å². The summed E-state index contributed by atoms with van der Waals surface area (Å²) in [4.78, 5) is 38.1. The van der Waals surface area contributed by atoms with Crippen LogP contribution in [-0.4, -0.2) is 37.2 Å². The lowest BCUT2D eigenvalue weighted by atomic mass is 10.0. The van der Waals surface area contributed by atoms with Crippen molar-refractivity contribution < 1.29 is 28.6 Å². The van der Waals surface area contributed by atoms with Gasteiger partial charge in [0.25, 0.3) is 0 Å². The molecular weight excluding hydrogens is 793 g/mol. The Balaban J connectivity index is 4.28. The minimum Gasteiger partial charge on any atom is -0.462 e. The summed E-state index contributed by atoms with van der Waals surface area (Å²) in [5, 5.41) is 0. The van der Waals surface area contributed by atoms with Crippen LogP contribution in [0.15, 0.2) is 12.2 Å². The van der Waals surface area contributed by atoms with E-state index in [1.165, 1.54) is 225 Å². The topological polar surface area (TPSA) is 78.9 Å². The summed E-state index contributed by atoms with van der Waals surface area (Å²) in [5.74, 6) is -0.848. The van der Waals surface area contributed by atoms with Gasteiger partial charge in [0.05, 0.1) is 0 Å². The molecule has 0 saturated heterocycles. The zero-order chi connectivity index (χ0) is 46.5. The number of unbranched alkanes of at least 4 members (excludes halogenated alkanes) is 40. The van der Waals surface area contributed by atoms with Gasteiger partial charge in [-0.1, -0.05) is 270 Å². The average molecular weight is 904 g/mol. The van der Waals surface area contributed by atoms with E-state index in [2.05, 4.69) is 32.9 Å². The van der Waals surface area contributed by atoms with Gasteiger partial charge in [-0.05, 0) is 44.9 Å². The van der Waals surface area contributed by atoms with Crippen LogP contribution in [0.5, 0.6) is 0 Å². The Morgan fingerprint density at radius 3 is 0.781 bits per heavy atom. The zero-order valence-corrected chi connectivity index (χ0v) is 43.3. The molecule has 1 unspecified atom stereocenters. The average Bonchev–Trinajstić information content (AvgIpc) is 3.29. The van der Waals surface area contributed by atoms with Crippen LogP contribution in [0.1, 0.15) is 323 Å². The molecule has 0 heterocycles. The van der Waals surface area contributed by atoms with Crippen LogP contribution in [0.4, 0.5) is 0 Å². The Hall–Kier alpha value is -1.85. The van der Waals surface area contributed by atoms with Gasteiger partial charge in [-0.25, -0.2) is 0 Å². The van der Waals surface area contributed by atoms with Crippen LogP contribution in [0.25, 0.3) is 0 Å². The molecule has 0 aliphatic rings. The highest BCUT2D eigenvalue weighted by molar-refractivity contribution is 5.71. The van der Waals surface area contributed by atoms with Crippen molar-refractivity contribution in [3.05, 3.63) is 12.2 Å². The monoisotopic (exact) mass is 903 g/mol. The molecule has 0 aliphatic carbocycles. The molecule has 0 rings (SSSR count). The fraction of sp³-hybridized carbons (Fsp3) is 0.914. The zero-order valence-electron chi connectivity index (χ0n) is 43.3. The fourth-order valence-electron chi connectivity index (χ4n) is 8.68. The molecule has 0 aromatic carbocycles. The molecule has 0 N–H and O–H groups in total. The second-order valence-electron chi connectivity index (χ2n) is 19.6. The lowest BCUT2D eigenvalue weighted by Gasteiger charge is -2.18. The maximum atomic E-state index is 12.8. The van der Waals surface area contributed by atoms with Crippen LogP contribution in [-0.2, 0) is 28.6 Å². The molecule has 0 saturated carbocycles. The predicted octanol–water partition coefficient (Wildman–Crippen LogP) is 18.9. The first-order valence-corrected chi connectivity index (χ1v) is 28.7. The predicted molar refractivity (Wildman–Crippen MR) is 275 cm³/mol. The summed E-state index contributed by atoms with van der Waals surface area (Å²) in [5.41, 5.74) is 0. The first kappa shape index (κ1) is 62.1. The summed E-state index contributed by atoms with van der Waals surface area (Å²) in [6.07, 6.45) is 60.6. The summed E-state index contributed by atoms with van der Waals surface area (Å²) >= 11 is 0. The number of carbonyl (C=O) groups excluding carboxylic acids is 3. The van der Waals surface area contributed by atoms with Gasteiger partial charge in [0, 0.05) is 19.3 Å². The number of rotatable bonds is 53. The van der Waals surface area contributed by atoms with E-state index in [-0.39, 0.29) is 31.1 Å². The smallest absolute Gasteiger partial charge is 0.306 e. The van der Waals surface area contributed by atoms with E-state index < -0.39 is 6.10 Å². The molecule has 1 atom stereocenters. The van der Waals surface area contributed by atoms with Crippen molar-refractivity contribution in [2.45, 2.75) is 329 Å². The molecule has 0 aromatic rings. The Morgan fingerprint density at radius 2 is 0.516 bits per heavy atom. The van der Waals surface area contributed by atoms with Crippen molar-refractivity contribution in [3.63, 3.8) is 0 Å². The lowest BCUT2D eigenvalue weighted by Crippen LogP contribution is -2.30. The molecule has 64 heavy (non-hydrogen) atoms. The normalized spacial score (nSPS) is 12.0. The Labute approximate surface area is 399 Å². The summed E-state index contributed by atoms with van der Waals surface area (Å²) in [7, 11) is 0. The van der Waals surface area contributed by atoms with Gasteiger partial charge in [-0.2, -0.15) is 0 Å². The minimum absolute atomic E-state index is 0.0656. The van der Waals surface area contributed by atoms with E-state index in [1.54, 1.807) is 0 Å². The number of esters is 3. The molecule has 0 spiro atoms.